The molecular weight excluding hydrogens is 278 g/mol. The molecule has 2 heterocycles. The van der Waals surface area contributed by atoms with Crippen LogP contribution in [0.5, 0.6) is 0 Å². The summed E-state index contributed by atoms with van der Waals surface area (Å²) in [7, 11) is -3.73. The van der Waals surface area contributed by atoms with Crippen molar-refractivity contribution in [3.63, 3.8) is 0 Å². The predicted octanol–water partition coefficient (Wildman–Crippen LogP) is 0.626. The molecule has 102 valence electrons. The van der Waals surface area contributed by atoms with Crippen molar-refractivity contribution in [3.8, 4) is 11.1 Å². The van der Waals surface area contributed by atoms with Crippen LogP contribution >= 0.6 is 0 Å². The zero-order chi connectivity index (χ0) is 14.3. The van der Waals surface area contributed by atoms with Gasteiger partial charge in [-0.25, -0.2) is 18.1 Å². The van der Waals surface area contributed by atoms with E-state index in [1.54, 1.807) is 24.4 Å². The summed E-state index contributed by atoms with van der Waals surface area (Å²) in [5.41, 5.74) is 7.64. The fraction of sp³-hybridized carbons (Fsp3) is 0. The van der Waals surface area contributed by atoms with Crippen LogP contribution in [0, 0.1) is 0 Å². The second-order valence-corrected chi connectivity index (χ2v) is 5.82. The molecular formula is C12H11N5O2S. The predicted molar refractivity (Wildman–Crippen MR) is 74.2 cm³/mol. The Labute approximate surface area is 114 Å². The molecule has 0 fully saturated rings. The summed E-state index contributed by atoms with van der Waals surface area (Å²) in [5, 5.41) is 9.14. The Kier molecular flexibility index (Phi) is 2.70. The number of pyridine rings is 1. The van der Waals surface area contributed by atoms with Crippen molar-refractivity contribution in [2.75, 3.05) is 5.73 Å². The third kappa shape index (κ3) is 2.22. The van der Waals surface area contributed by atoms with Gasteiger partial charge in [-0.15, -0.1) is 5.10 Å². The van der Waals surface area contributed by atoms with Gasteiger partial charge < -0.3 is 5.73 Å². The molecule has 0 radical (unpaired) electrons. The average molecular weight is 289 g/mol. The van der Waals surface area contributed by atoms with E-state index in [4.69, 9.17) is 10.9 Å². The second-order valence-electron chi connectivity index (χ2n) is 4.26. The fourth-order valence-electron chi connectivity index (χ4n) is 1.92. The molecule has 0 aliphatic heterocycles. The van der Waals surface area contributed by atoms with Gasteiger partial charge >= 0.3 is 0 Å². The van der Waals surface area contributed by atoms with Crippen LogP contribution in [0.3, 0.4) is 0 Å². The molecule has 4 N–H and O–H groups in total. The molecule has 3 rings (SSSR count). The maximum absolute atomic E-state index is 11.4. The molecule has 3 aromatic rings. The van der Waals surface area contributed by atoms with Gasteiger partial charge in [0.25, 0.3) is 0 Å². The number of nitrogen functional groups attached to an aromatic ring is 1. The van der Waals surface area contributed by atoms with E-state index >= 15 is 0 Å². The minimum atomic E-state index is -3.73. The Morgan fingerprint density at radius 3 is 2.65 bits per heavy atom. The van der Waals surface area contributed by atoms with Crippen molar-refractivity contribution < 1.29 is 8.42 Å². The number of primary sulfonamides is 1. The third-order valence-corrected chi connectivity index (χ3v) is 3.75. The van der Waals surface area contributed by atoms with Gasteiger partial charge in [-0.05, 0) is 29.8 Å². The summed E-state index contributed by atoms with van der Waals surface area (Å²) in [5.74, 6) is 0.181. The van der Waals surface area contributed by atoms with E-state index in [0.717, 1.165) is 5.56 Å². The standard InChI is InChI=1S/C12H11N5O2S/c13-12-15-11-5-4-9(7-17(11)16-12)8-2-1-3-10(6-8)20(14,18)19/h1-7H,(H2,13,16)(H2,14,18,19). The summed E-state index contributed by atoms with van der Waals surface area (Å²) in [4.78, 5) is 4.08. The first-order valence-electron chi connectivity index (χ1n) is 5.69. The average Bonchev–Trinajstić information content (AvgIpc) is 2.77. The van der Waals surface area contributed by atoms with E-state index in [1.165, 1.54) is 16.6 Å². The molecule has 0 unspecified atom stereocenters. The fourth-order valence-corrected chi connectivity index (χ4v) is 2.48. The Morgan fingerprint density at radius 1 is 1.10 bits per heavy atom. The summed E-state index contributed by atoms with van der Waals surface area (Å²) in [6.45, 7) is 0. The van der Waals surface area contributed by atoms with Gasteiger partial charge in [0.2, 0.25) is 16.0 Å². The molecule has 0 atom stereocenters. The minimum absolute atomic E-state index is 0.0631. The van der Waals surface area contributed by atoms with Gasteiger partial charge in [-0.2, -0.15) is 4.98 Å². The Bertz CT molecular complexity index is 901. The number of benzene rings is 1. The molecule has 0 saturated heterocycles. The number of rotatable bonds is 2. The highest BCUT2D eigenvalue weighted by atomic mass is 32.2. The third-order valence-electron chi connectivity index (χ3n) is 2.84. The lowest BCUT2D eigenvalue weighted by Gasteiger charge is -2.04. The monoisotopic (exact) mass is 289 g/mol. The van der Waals surface area contributed by atoms with E-state index in [-0.39, 0.29) is 10.8 Å². The molecule has 0 aliphatic carbocycles. The maximum atomic E-state index is 11.4. The summed E-state index contributed by atoms with van der Waals surface area (Å²) in [6.07, 6.45) is 1.72. The van der Waals surface area contributed by atoms with Gasteiger partial charge in [-0.1, -0.05) is 12.1 Å². The minimum Gasteiger partial charge on any atom is -0.366 e. The molecule has 0 amide bonds. The first-order chi connectivity index (χ1) is 9.43. The number of nitrogens with two attached hydrogens (primary N) is 2. The highest BCUT2D eigenvalue weighted by Crippen LogP contribution is 2.22. The van der Waals surface area contributed by atoms with E-state index in [2.05, 4.69) is 10.1 Å². The molecule has 0 aliphatic rings. The number of nitrogens with zero attached hydrogens (tertiary/aromatic N) is 3. The largest absolute Gasteiger partial charge is 0.366 e. The second kappa shape index (κ2) is 4.29. The van der Waals surface area contributed by atoms with Crippen LogP contribution in [0.25, 0.3) is 16.8 Å². The summed E-state index contributed by atoms with van der Waals surface area (Å²) >= 11 is 0. The van der Waals surface area contributed by atoms with Crippen molar-refractivity contribution >= 4 is 21.6 Å². The molecule has 1 aromatic carbocycles. The molecule has 20 heavy (non-hydrogen) atoms. The van der Waals surface area contributed by atoms with Gasteiger partial charge in [-0.3, -0.25) is 0 Å². The smallest absolute Gasteiger partial charge is 0.240 e. The lowest BCUT2D eigenvalue weighted by Crippen LogP contribution is -2.11. The summed E-state index contributed by atoms with van der Waals surface area (Å²) < 4.78 is 24.3. The molecule has 8 heteroatoms. The van der Waals surface area contributed by atoms with Crippen LogP contribution < -0.4 is 10.9 Å². The number of hydrogen-bond donors (Lipinski definition) is 2. The van der Waals surface area contributed by atoms with Gasteiger partial charge in [0.1, 0.15) is 0 Å². The Balaban J connectivity index is 2.15. The quantitative estimate of drug-likeness (QED) is 0.717. The van der Waals surface area contributed by atoms with Crippen molar-refractivity contribution in [2.24, 2.45) is 5.14 Å². The number of fused-ring (bicyclic) bond motifs is 1. The maximum Gasteiger partial charge on any atom is 0.240 e. The van der Waals surface area contributed by atoms with Gasteiger partial charge in [0, 0.05) is 11.8 Å². The van der Waals surface area contributed by atoms with E-state index < -0.39 is 10.0 Å². The zero-order valence-corrected chi connectivity index (χ0v) is 11.1. The van der Waals surface area contributed by atoms with Crippen LogP contribution in [0.15, 0.2) is 47.5 Å². The molecule has 0 bridgehead atoms. The number of sulfonamides is 1. The molecule has 0 spiro atoms. The molecule has 0 saturated carbocycles. The lowest BCUT2D eigenvalue weighted by molar-refractivity contribution is 0.598. The van der Waals surface area contributed by atoms with Crippen LogP contribution in [0.2, 0.25) is 0 Å². The first kappa shape index (κ1) is 12.6. The lowest BCUT2D eigenvalue weighted by atomic mass is 10.1. The Hall–Kier alpha value is -2.45. The zero-order valence-electron chi connectivity index (χ0n) is 10.3. The summed E-state index contributed by atoms with van der Waals surface area (Å²) in [6, 6.07) is 9.95. The number of hydrogen-bond acceptors (Lipinski definition) is 5. The van der Waals surface area contributed by atoms with Crippen LogP contribution in [-0.4, -0.2) is 23.0 Å². The van der Waals surface area contributed by atoms with Crippen molar-refractivity contribution in [1.82, 2.24) is 14.6 Å². The van der Waals surface area contributed by atoms with E-state index in [9.17, 15) is 8.42 Å². The number of anilines is 1. The highest BCUT2D eigenvalue weighted by molar-refractivity contribution is 7.89. The van der Waals surface area contributed by atoms with Crippen molar-refractivity contribution in [1.29, 1.82) is 0 Å². The van der Waals surface area contributed by atoms with E-state index in [0.29, 0.717) is 11.2 Å². The van der Waals surface area contributed by atoms with Gasteiger partial charge in [0.15, 0.2) is 5.65 Å². The highest BCUT2D eigenvalue weighted by Gasteiger charge is 2.09. The van der Waals surface area contributed by atoms with Crippen molar-refractivity contribution in [2.45, 2.75) is 4.90 Å². The van der Waals surface area contributed by atoms with E-state index in [1.807, 2.05) is 6.07 Å². The van der Waals surface area contributed by atoms with Crippen LogP contribution in [0.1, 0.15) is 0 Å². The normalized spacial score (nSPS) is 11.8. The number of aromatic nitrogens is 3. The molecule has 7 nitrogen and oxygen atoms in total. The van der Waals surface area contributed by atoms with Gasteiger partial charge in [0.05, 0.1) is 4.90 Å². The van der Waals surface area contributed by atoms with Crippen LogP contribution in [0.4, 0.5) is 5.95 Å². The topological polar surface area (TPSA) is 116 Å². The first-order valence-corrected chi connectivity index (χ1v) is 7.23. The molecule has 2 aromatic heterocycles. The van der Waals surface area contributed by atoms with Crippen LogP contribution in [-0.2, 0) is 10.0 Å². The Morgan fingerprint density at radius 2 is 1.90 bits per heavy atom. The SMILES string of the molecule is Nc1nc2ccc(-c3cccc(S(N)(=O)=O)c3)cn2n1. The van der Waals surface area contributed by atoms with Crippen molar-refractivity contribution in [3.05, 3.63) is 42.6 Å².